The van der Waals surface area contributed by atoms with Gasteiger partial charge in [-0.05, 0) is 50.5 Å². The third-order valence-electron chi connectivity index (χ3n) is 5.72. The fourth-order valence-electron chi connectivity index (χ4n) is 3.93. The van der Waals surface area contributed by atoms with Gasteiger partial charge in [0.1, 0.15) is 6.61 Å². The summed E-state index contributed by atoms with van der Waals surface area (Å²) in [6.07, 6.45) is 7.13. The van der Waals surface area contributed by atoms with Crippen molar-refractivity contribution in [3.63, 3.8) is 0 Å². The van der Waals surface area contributed by atoms with Gasteiger partial charge in [-0.15, -0.1) is 0 Å². The molecule has 2 fully saturated rings. The minimum Gasteiger partial charge on any atom is -0.445 e. The van der Waals surface area contributed by atoms with E-state index in [1.54, 1.807) is 0 Å². The topological polar surface area (TPSA) is 58.6 Å². The van der Waals surface area contributed by atoms with E-state index in [4.69, 9.17) is 4.74 Å². The predicted molar refractivity (Wildman–Crippen MR) is 105 cm³/mol. The van der Waals surface area contributed by atoms with Crippen molar-refractivity contribution < 1.29 is 14.3 Å². The van der Waals surface area contributed by atoms with E-state index >= 15 is 0 Å². The van der Waals surface area contributed by atoms with Gasteiger partial charge >= 0.3 is 6.09 Å². The molecule has 2 amide bonds. The van der Waals surface area contributed by atoms with Gasteiger partial charge in [0.2, 0.25) is 5.91 Å². The van der Waals surface area contributed by atoms with Gasteiger partial charge < -0.3 is 15.0 Å². The van der Waals surface area contributed by atoms with Crippen LogP contribution >= 0.6 is 0 Å². The fraction of sp³-hybridized carbons (Fsp3) is 0.545. The lowest BCUT2D eigenvalue weighted by Crippen LogP contribution is -2.38. The van der Waals surface area contributed by atoms with E-state index in [2.05, 4.69) is 18.3 Å². The summed E-state index contributed by atoms with van der Waals surface area (Å²) < 4.78 is 5.42. The van der Waals surface area contributed by atoms with Crippen molar-refractivity contribution in [3.8, 4) is 0 Å². The van der Waals surface area contributed by atoms with Crippen molar-refractivity contribution in [2.45, 2.75) is 45.6 Å². The molecule has 2 heterocycles. The van der Waals surface area contributed by atoms with Crippen LogP contribution in [0.2, 0.25) is 0 Å². The number of allylic oxidation sites excluding steroid dienone is 1. The first-order chi connectivity index (χ1) is 13.1. The summed E-state index contributed by atoms with van der Waals surface area (Å²) in [5.74, 6) is 0.891. The fourth-order valence-corrected chi connectivity index (χ4v) is 3.93. The first-order valence-corrected chi connectivity index (χ1v) is 10.0. The van der Waals surface area contributed by atoms with Crippen molar-refractivity contribution >= 4 is 12.0 Å². The van der Waals surface area contributed by atoms with Gasteiger partial charge in [0.05, 0.1) is 5.92 Å². The first kappa shape index (κ1) is 19.5. The van der Waals surface area contributed by atoms with E-state index in [0.29, 0.717) is 12.5 Å². The summed E-state index contributed by atoms with van der Waals surface area (Å²) in [6.45, 7) is 4.74. The van der Waals surface area contributed by atoms with E-state index in [9.17, 15) is 9.59 Å². The molecule has 0 aromatic heterocycles. The van der Waals surface area contributed by atoms with E-state index in [1.807, 2.05) is 35.2 Å². The van der Waals surface area contributed by atoms with Crippen LogP contribution in [0.25, 0.3) is 0 Å². The Morgan fingerprint density at radius 3 is 2.63 bits per heavy atom. The van der Waals surface area contributed by atoms with Gasteiger partial charge in [0.15, 0.2) is 0 Å². The second-order valence-electron chi connectivity index (χ2n) is 7.63. The van der Waals surface area contributed by atoms with Crippen LogP contribution in [0.1, 0.15) is 44.6 Å². The van der Waals surface area contributed by atoms with Crippen LogP contribution in [0.4, 0.5) is 4.79 Å². The molecule has 27 heavy (non-hydrogen) atoms. The molecule has 1 unspecified atom stereocenters. The number of hydrogen-bond donors (Lipinski definition) is 1. The van der Waals surface area contributed by atoms with Crippen LogP contribution in [-0.2, 0) is 16.1 Å². The number of carbonyl (C=O) groups is 2. The standard InChI is InChI=1S/C22H30N2O3/c1-17(20-10-13-23-21(20)25)6-5-9-18-11-14-24(15-12-18)22(26)27-16-19-7-3-2-4-8-19/h2-4,6-8,18,20H,5,9-16H2,1H3,(H,23,25). The highest BCUT2D eigenvalue weighted by atomic mass is 16.6. The molecule has 2 aliphatic rings. The summed E-state index contributed by atoms with van der Waals surface area (Å²) in [4.78, 5) is 25.8. The van der Waals surface area contributed by atoms with Crippen molar-refractivity contribution in [2.75, 3.05) is 19.6 Å². The Morgan fingerprint density at radius 2 is 1.96 bits per heavy atom. The maximum absolute atomic E-state index is 12.2. The quantitative estimate of drug-likeness (QED) is 0.773. The highest BCUT2D eigenvalue weighted by molar-refractivity contribution is 5.83. The Kier molecular flexibility index (Phi) is 6.91. The average Bonchev–Trinajstić information content (AvgIpc) is 3.13. The van der Waals surface area contributed by atoms with Crippen molar-refractivity contribution in [2.24, 2.45) is 11.8 Å². The van der Waals surface area contributed by atoms with Crippen molar-refractivity contribution in [1.82, 2.24) is 10.2 Å². The minimum atomic E-state index is -0.208. The second-order valence-corrected chi connectivity index (χ2v) is 7.63. The smallest absolute Gasteiger partial charge is 0.410 e. The highest BCUT2D eigenvalue weighted by Crippen LogP contribution is 2.25. The summed E-state index contributed by atoms with van der Waals surface area (Å²) in [5.41, 5.74) is 2.21. The van der Waals surface area contributed by atoms with E-state index in [0.717, 1.165) is 57.3 Å². The second kappa shape index (κ2) is 9.58. The van der Waals surface area contributed by atoms with Gasteiger partial charge in [-0.2, -0.15) is 0 Å². The van der Waals surface area contributed by atoms with Crippen LogP contribution in [0.5, 0.6) is 0 Å². The predicted octanol–water partition coefficient (Wildman–Crippen LogP) is 3.90. The third-order valence-corrected chi connectivity index (χ3v) is 5.72. The largest absolute Gasteiger partial charge is 0.445 e. The van der Waals surface area contributed by atoms with Crippen LogP contribution in [0.3, 0.4) is 0 Å². The van der Waals surface area contributed by atoms with Gasteiger partial charge in [0.25, 0.3) is 0 Å². The Morgan fingerprint density at radius 1 is 1.22 bits per heavy atom. The molecule has 1 N–H and O–H groups in total. The monoisotopic (exact) mass is 370 g/mol. The molecular formula is C22H30N2O3. The van der Waals surface area contributed by atoms with Crippen LogP contribution in [-0.4, -0.2) is 36.5 Å². The number of nitrogens with one attached hydrogen (secondary N) is 1. The Hall–Kier alpha value is -2.30. The van der Waals surface area contributed by atoms with Crippen molar-refractivity contribution in [1.29, 1.82) is 0 Å². The lowest BCUT2D eigenvalue weighted by molar-refractivity contribution is -0.121. The summed E-state index contributed by atoms with van der Waals surface area (Å²) >= 11 is 0. The molecule has 1 aromatic carbocycles. The van der Waals surface area contributed by atoms with Crippen LogP contribution in [0.15, 0.2) is 42.0 Å². The third kappa shape index (κ3) is 5.59. The molecule has 5 heteroatoms. The summed E-state index contributed by atoms with van der Waals surface area (Å²) in [5, 5.41) is 2.90. The number of amides is 2. The molecule has 2 saturated heterocycles. The zero-order valence-corrected chi connectivity index (χ0v) is 16.2. The number of benzene rings is 1. The number of nitrogens with zero attached hydrogens (tertiary/aromatic N) is 1. The molecule has 5 nitrogen and oxygen atoms in total. The molecule has 2 aliphatic heterocycles. The number of piperidine rings is 1. The molecule has 3 rings (SSSR count). The molecule has 0 spiro atoms. The molecule has 1 atom stereocenters. The van der Waals surface area contributed by atoms with E-state index < -0.39 is 0 Å². The van der Waals surface area contributed by atoms with Gasteiger partial charge in [-0.3, -0.25) is 4.79 Å². The van der Waals surface area contributed by atoms with Gasteiger partial charge in [-0.1, -0.05) is 42.0 Å². The average molecular weight is 370 g/mol. The molecule has 0 bridgehead atoms. The molecule has 0 radical (unpaired) electrons. The zero-order chi connectivity index (χ0) is 19.1. The maximum Gasteiger partial charge on any atom is 0.410 e. The number of carbonyl (C=O) groups excluding carboxylic acids is 2. The SMILES string of the molecule is CC(=CCCC1CCN(C(=O)OCc2ccccc2)CC1)C1CCNC1=O. The zero-order valence-electron chi connectivity index (χ0n) is 16.2. The summed E-state index contributed by atoms with van der Waals surface area (Å²) in [7, 11) is 0. The van der Waals surface area contributed by atoms with Crippen molar-refractivity contribution in [3.05, 3.63) is 47.5 Å². The van der Waals surface area contributed by atoms with Gasteiger partial charge in [0, 0.05) is 19.6 Å². The Bertz CT molecular complexity index is 663. The lowest BCUT2D eigenvalue weighted by atomic mass is 9.91. The number of likely N-dealkylation sites (tertiary alicyclic amines) is 1. The minimum absolute atomic E-state index is 0.0752. The van der Waals surface area contributed by atoms with Crippen LogP contribution < -0.4 is 5.32 Å². The Labute approximate surface area is 161 Å². The molecule has 0 saturated carbocycles. The highest BCUT2D eigenvalue weighted by Gasteiger charge is 2.26. The first-order valence-electron chi connectivity index (χ1n) is 10.0. The lowest BCUT2D eigenvalue weighted by Gasteiger charge is -2.31. The maximum atomic E-state index is 12.2. The van der Waals surface area contributed by atoms with E-state index in [-0.39, 0.29) is 17.9 Å². The normalized spacial score (nSPS) is 21.2. The number of ether oxygens (including phenoxy) is 1. The number of hydrogen-bond acceptors (Lipinski definition) is 3. The number of rotatable bonds is 6. The molecule has 0 aliphatic carbocycles. The van der Waals surface area contributed by atoms with E-state index in [1.165, 1.54) is 5.57 Å². The molecule has 146 valence electrons. The Balaban J connectivity index is 1.35. The van der Waals surface area contributed by atoms with Gasteiger partial charge in [-0.25, -0.2) is 4.79 Å². The summed E-state index contributed by atoms with van der Waals surface area (Å²) in [6, 6.07) is 9.78. The van der Waals surface area contributed by atoms with Crippen LogP contribution in [0, 0.1) is 11.8 Å². The molecule has 1 aromatic rings. The molecular weight excluding hydrogens is 340 g/mol.